The largest absolute Gasteiger partial charge is 0.506 e. The Morgan fingerprint density at radius 2 is 1.37 bits per heavy atom. The summed E-state index contributed by atoms with van der Waals surface area (Å²) in [5.41, 5.74) is -1.76. The summed E-state index contributed by atoms with van der Waals surface area (Å²) in [6.07, 6.45) is -0.783. The van der Waals surface area contributed by atoms with Crippen LogP contribution in [0.5, 0.6) is 11.5 Å². The second-order valence-corrected chi connectivity index (χ2v) is 10.2. The van der Waals surface area contributed by atoms with E-state index in [1.54, 1.807) is 0 Å². The van der Waals surface area contributed by atoms with E-state index < -0.39 is 60.0 Å². The summed E-state index contributed by atoms with van der Waals surface area (Å²) in [6.45, 7) is -0.828. The lowest BCUT2D eigenvalue weighted by molar-refractivity contribution is -0.138. The first kappa shape index (κ1) is 27.7. The van der Waals surface area contributed by atoms with Crippen molar-refractivity contribution in [2.45, 2.75) is 49.3 Å². The van der Waals surface area contributed by atoms with Crippen LogP contribution in [0.1, 0.15) is 32.1 Å². The van der Waals surface area contributed by atoms with E-state index in [0.717, 1.165) is 12.1 Å². The number of amides is 2. The number of ether oxygens (including phenoxy) is 3. The highest BCUT2D eigenvalue weighted by atomic mass is 35.5. The number of hydrogen-bond donors (Lipinski definition) is 3. The normalized spacial score (nSPS) is 23.8. The lowest BCUT2D eigenvalue weighted by atomic mass is 9.59. The summed E-state index contributed by atoms with van der Waals surface area (Å²) in [6, 6.07) is 7.57. The number of carbonyl (C=O) groups is 3. The molecule has 0 aromatic heterocycles. The molecule has 5 rings (SSSR count). The smallest absolute Gasteiger partial charge is 0.484 e. The SMILES string of the molecule is O=C(COc1ccc(Cl)c(F)c1)NC12CCC(NC(=O)COc3ccc(Cl)c(F)c3)(CC1)[C@@H](OC(=O)O)C2. The number of halogens is 4. The zero-order valence-electron chi connectivity index (χ0n) is 19.9. The van der Waals surface area contributed by atoms with Gasteiger partial charge in [-0.2, -0.15) is 0 Å². The molecule has 2 aromatic rings. The van der Waals surface area contributed by atoms with Crippen LogP contribution in [0.3, 0.4) is 0 Å². The molecule has 0 aliphatic heterocycles. The molecule has 1 atom stereocenters. The fourth-order valence-corrected chi connectivity index (χ4v) is 5.22. The van der Waals surface area contributed by atoms with Gasteiger partial charge in [0.05, 0.1) is 15.6 Å². The van der Waals surface area contributed by atoms with Crippen LogP contribution in [-0.4, -0.2) is 53.5 Å². The summed E-state index contributed by atoms with van der Waals surface area (Å²) < 4.78 is 43.1. The molecule has 0 spiro atoms. The Morgan fingerprint density at radius 1 is 0.868 bits per heavy atom. The van der Waals surface area contributed by atoms with E-state index in [1.807, 2.05) is 0 Å². The van der Waals surface area contributed by atoms with E-state index in [2.05, 4.69) is 10.6 Å². The number of carbonyl (C=O) groups excluding carboxylic acids is 2. The standard InChI is InChI=1S/C25H24Cl2F2N2O7/c26-16-3-1-14(9-18(16)28)36-12-21(32)30-24-5-7-25(8-6-24,20(11-24)38-23(34)35)31-22(33)13-37-15-2-4-17(27)19(29)10-15/h1-4,9-10,20H,5-8,11-13H2,(H,30,32)(H,31,33)(H,34,35)/t20-,24?,25?/m0/s1. The minimum Gasteiger partial charge on any atom is -0.484 e. The van der Waals surface area contributed by atoms with Crippen molar-refractivity contribution in [2.24, 2.45) is 0 Å². The minimum absolute atomic E-state index is 0.0735. The first-order valence-electron chi connectivity index (χ1n) is 11.7. The van der Waals surface area contributed by atoms with Gasteiger partial charge >= 0.3 is 6.16 Å². The van der Waals surface area contributed by atoms with E-state index in [0.29, 0.717) is 25.7 Å². The third-order valence-electron chi connectivity index (χ3n) is 6.85. The Morgan fingerprint density at radius 3 is 1.84 bits per heavy atom. The molecule has 9 nitrogen and oxygen atoms in total. The van der Waals surface area contributed by atoms with Crippen molar-refractivity contribution in [3.8, 4) is 11.5 Å². The van der Waals surface area contributed by atoms with Gasteiger partial charge in [-0.1, -0.05) is 23.2 Å². The van der Waals surface area contributed by atoms with Gasteiger partial charge in [0.2, 0.25) is 0 Å². The van der Waals surface area contributed by atoms with Gasteiger partial charge in [0.15, 0.2) is 13.2 Å². The predicted octanol–water partition coefficient (Wildman–Crippen LogP) is 4.48. The van der Waals surface area contributed by atoms with E-state index in [9.17, 15) is 28.3 Å². The predicted molar refractivity (Wildman–Crippen MR) is 132 cm³/mol. The Balaban J connectivity index is 1.36. The minimum atomic E-state index is -1.52. The number of fused-ring (bicyclic) bond motifs is 3. The Bertz CT molecular complexity index is 1240. The Labute approximate surface area is 226 Å². The zero-order chi connectivity index (χ0) is 27.5. The monoisotopic (exact) mass is 572 g/mol. The highest BCUT2D eigenvalue weighted by molar-refractivity contribution is 6.31. The number of nitrogens with one attached hydrogen (secondary N) is 2. The van der Waals surface area contributed by atoms with Crippen molar-refractivity contribution in [3.05, 3.63) is 58.1 Å². The summed E-state index contributed by atoms with van der Waals surface area (Å²) >= 11 is 11.3. The maximum atomic E-state index is 13.6. The summed E-state index contributed by atoms with van der Waals surface area (Å²) in [5, 5.41) is 14.9. The Kier molecular flexibility index (Phi) is 8.17. The lowest BCUT2D eigenvalue weighted by Crippen LogP contribution is -2.71. The maximum Gasteiger partial charge on any atom is 0.506 e. The van der Waals surface area contributed by atoms with Crippen molar-refractivity contribution >= 4 is 41.2 Å². The first-order chi connectivity index (χ1) is 18.0. The van der Waals surface area contributed by atoms with Crippen LogP contribution in [0.4, 0.5) is 13.6 Å². The van der Waals surface area contributed by atoms with E-state index >= 15 is 0 Å². The van der Waals surface area contributed by atoms with Crippen molar-refractivity contribution in [1.82, 2.24) is 10.6 Å². The molecule has 3 fully saturated rings. The van der Waals surface area contributed by atoms with Gasteiger partial charge in [0.1, 0.15) is 29.2 Å². The van der Waals surface area contributed by atoms with E-state index in [4.69, 9.17) is 37.4 Å². The van der Waals surface area contributed by atoms with Crippen LogP contribution in [0.25, 0.3) is 0 Å². The third-order valence-corrected chi connectivity index (χ3v) is 7.46. The number of rotatable bonds is 9. The van der Waals surface area contributed by atoms with Crippen molar-refractivity contribution in [3.63, 3.8) is 0 Å². The molecule has 3 saturated carbocycles. The molecule has 3 aliphatic carbocycles. The fourth-order valence-electron chi connectivity index (χ4n) is 4.99. The van der Waals surface area contributed by atoms with Crippen LogP contribution < -0.4 is 20.1 Å². The number of benzene rings is 2. The van der Waals surface area contributed by atoms with Gasteiger partial charge in [-0.05, 0) is 49.9 Å². The molecule has 0 unspecified atom stereocenters. The molecular formula is C25H24Cl2F2N2O7. The zero-order valence-corrected chi connectivity index (χ0v) is 21.4. The Hall–Kier alpha value is -3.31. The highest BCUT2D eigenvalue weighted by Crippen LogP contribution is 2.48. The second-order valence-electron chi connectivity index (χ2n) is 9.34. The molecule has 0 saturated heterocycles. The fraction of sp³-hybridized carbons (Fsp3) is 0.400. The highest BCUT2D eigenvalue weighted by Gasteiger charge is 2.57. The van der Waals surface area contributed by atoms with Gasteiger partial charge in [0, 0.05) is 24.1 Å². The van der Waals surface area contributed by atoms with Gasteiger partial charge in [-0.25, -0.2) is 13.6 Å². The number of carboxylic acid groups (broad SMARTS) is 1. The summed E-state index contributed by atoms with van der Waals surface area (Å²) in [5.74, 6) is -2.15. The van der Waals surface area contributed by atoms with Crippen molar-refractivity contribution in [2.75, 3.05) is 13.2 Å². The van der Waals surface area contributed by atoms with Crippen LogP contribution in [-0.2, 0) is 14.3 Å². The average Bonchev–Trinajstić information content (AvgIpc) is 2.86. The topological polar surface area (TPSA) is 123 Å². The molecular weight excluding hydrogens is 549 g/mol. The maximum absolute atomic E-state index is 13.6. The van der Waals surface area contributed by atoms with Crippen LogP contribution in [0.2, 0.25) is 10.0 Å². The van der Waals surface area contributed by atoms with Gasteiger partial charge < -0.3 is 30.0 Å². The molecule has 2 amide bonds. The van der Waals surface area contributed by atoms with Crippen molar-refractivity contribution in [1.29, 1.82) is 0 Å². The van der Waals surface area contributed by atoms with Crippen LogP contribution >= 0.6 is 23.2 Å². The van der Waals surface area contributed by atoms with Gasteiger partial charge in [0.25, 0.3) is 11.8 Å². The van der Waals surface area contributed by atoms with E-state index in [-0.39, 0.29) is 28.0 Å². The van der Waals surface area contributed by atoms with Crippen LogP contribution in [0, 0.1) is 11.6 Å². The second kappa shape index (κ2) is 11.2. The van der Waals surface area contributed by atoms with Crippen molar-refractivity contribution < 1.29 is 42.5 Å². The lowest BCUT2D eigenvalue weighted by Gasteiger charge is -2.56. The molecule has 0 radical (unpaired) electrons. The summed E-state index contributed by atoms with van der Waals surface area (Å²) in [7, 11) is 0. The van der Waals surface area contributed by atoms with E-state index in [1.165, 1.54) is 24.3 Å². The molecule has 204 valence electrons. The molecule has 13 heteroatoms. The van der Waals surface area contributed by atoms with Crippen LogP contribution in [0.15, 0.2) is 36.4 Å². The summed E-state index contributed by atoms with van der Waals surface area (Å²) in [4.78, 5) is 36.8. The molecule has 3 aliphatic rings. The molecule has 0 heterocycles. The van der Waals surface area contributed by atoms with Gasteiger partial charge in [-0.15, -0.1) is 0 Å². The molecule has 2 aromatic carbocycles. The molecule has 2 bridgehead atoms. The third kappa shape index (κ3) is 6.39. The molecule has 3 N–H and O–H groups in total. The van der Waals surface area contributed by atoms with Gasteiger partial charge in [-0.3, -0.25) is 9.59 Å². The quantitative estimate of drug-likeness (QED) is 0.378. The first-order valence-corrected chi connectivity index (χ1v) is 12.4. The number of hydrogen-bond acceptors (Lipinski definition) is 6. The average molecular weight is 573 g/mol. The molecule has 38 heavy (non-hydrogen) atoms.